The van der Waals surface area contributed by atoms with E-state index in [9.17, 15) is 14.7 Å². The number of carbonyl (C=O) groups excluding carboxylic acids is 2. The molecule has 0 aromatic heterocycles. The molecule has 0 unspecified atom stereocenters. The molecule has 0 heterocycles. The summed E-state index contributed by atoms with van der Waals surface area (Å²) in [6.45, 7) is 8.04. The van der Waals surface area contributed by atoms with Gasteiger partial charge in [0.2, 0.25) is 0 Å². The first-order valence-corrected chi connectivity index (χ1v) is 14.5. The van der Waals surface area contributed by atoms with Crippen molar-refractivity contribution in [2.24, 2.45) is 5.10 Å². The Labute approximate surface area is 255 Å². The molecule has 3 aromatic rings. The summed E-state index contributed by atoms with van der Waals surface area (Å²) in [6, 6.07) is 15.8. The van der Waals surface area contributed by atoms with Crippen LogP contribution in [-0.2, 0) is 4.79 Å². The van der Waals surface area contributed by atoms with E-state index in [0.29, 0.717) is 26.7 Å². The summed E-state index contributed by atoms with van der Waals surface area (Å²) in [5.74, 6) is -0.994. The maximum atomic E-state index is 13.2. The lowest BCUT2D eigenvalue weighted by molar-refractivity contribution is -0.117. The van der Waals surface area contributed by atoms with Crippen LogP contribution in [0, 0.1) is 0 Å². The summed E-state index contributed by atoms with van der Waals surface area (Å²) in [5, 5.41) is 17.2. The average molecular weight is 693 g/mol. The number of nitrogens with zero attached hydrogens (tertiary/aromatic N) is 2. The number of benzene rings is 3. The molecule has 210 valence electrons. The van der Waals surface area contributed by atoms with Crippen molar-refractivity contribution in [1.29, 1.82) is 0 Å². The van der Waals surface area contributed by atoms with Crippen LogP contribution in [0.1, 0.15) is 42.3 Å². The van der Waals surface area contributed by atoms with E-state index in [4.69, 9.17) is 16.3 Å². The summed E-state index contributed by atoms with van der Waals surface area (Å²) in [5.41, 5.74) is 4.94. The van der Waals surface area contributed by atoms with Gasteiger partial charge in [-0.1, -0.05) is 35.9 Å². The number of hydrazone groups is 1. The fourth-order valence-corrected chi connectivity index (χ4v) is 4.77. The number of phenols is 1. The second-order valence-corrected chi connectivity index (χ2v) is 10.3. The molecule has 3 rings (SSSR count). The topological polar surface area (TPSA) is 103 Å². The fraction of sp³-hybridized carbons (Fsp3) is 0.207. The molecule has 0 spiro atoms. The van der Waals surface area contributed by atoms with E-state index in [0.717, 1.165) is 18.8 Å². The zero-order valence-electron chi connectivity index (χ0n) is 22.2. The summed E-state index contributed by atoms with van der Waals surface area (Å²) in [6.07, 6.45) is 2.95. The number of carbonyl (C=O) groups is 2. The van der Waals surface area contributed by atoms with E-state index in [-0.39, 0.29) is 27.8 Å². The fourth-order valence-electron chi connectivity index (χ4n) is 3.72. The number of anilines is 1. The Morgan fingerprint density at radius 3 is 2.35 bits per heavy atom. The van der Waals surface area contributed by atoms with Gasteiger partial charge in [0.05, 0.1) is 27.9 Å². The minimum absolute atomic E-state index is 0.0291. The first-order valence-electron chi connectivity index (χ1n) is 12.5. The molecule has 0 bridgehead atoms. The highest BCUT2D eigenvalue weighted by Crippen LogP contribution is 2.41. The SMILES string of the molecule is CCOc1cc(/C=N/NC(=O)/C(=C\c2ccc(N(CC)CC)cc2)NC(=O)c2ccccc2Cl)c(Br)c(Br)c1O. The van der Waals surface area contributed by atoms with Gasteiger partial charge in [0.15, 0.2) is 11.5 Å². The van der Waals surface area contributed by atoms with Crippen LogP contribution in [0.2, 0.25) is 5.02 Å². The highest BCUT2D eigenvalue weighted by Gasteiger charge is 2.17. The van der Waals surface area contributed by atoms with Gasteiger partial charge >= 0.3 is 0 Å². The van der Waals surface area contributed by atoms with Crippen molar-refractivity contribution < 1.29 is 19.4 Å². The quantitative estimate of drug-likeness (QED) is 0.117. The van der Waals surface area contributed by atoms with Crippen LogP contribution in [0.5, 0.6) is 11.5 Å². The minimum atomic E-state index is -0.650. The van der Waals surface area contributed by atoms with Crippen LogP contribution in [0.3, 0.4) is 0 Å². The standard InChI is InChI=1S/C29H29Br2ClN4O4/c1-4-36(5-2)20-13-11-18(12-14-20)15-23(34-28(38)21-9-7-8-10-22(21)32)29(39)35-33-17-19-16-24(40-6-3)27(37)26(31)25(19)30/h7-17,37H,4-6H2,1-3H3,(H,34,38)(H,35,39)/b23-15+,33-17+. The Morgan fingerprint density at radius 1 is 1.05 bits per heavy atom. The molecule has 0 saturated carbocycles. The van der Waals surface area contributed by atoms with Gasteiger partial charge in [0, 0.05) is 28.8 Å². The van der Waals surface area contributed by atoms with Crippen molar-refractivity contribution in [2.75, 3.05) is 24.6 Å². The molecule has 3 aromatic carbocycles. The average Bonchev–Trinajstić information content (AvgIpc) is 2.95. The Bertz CT molecular complexity index is 1420. The minimum Gasteiger partial charge on any atom is -0.503 e. The summed E-state index contributed by atoms with van der Waals surface area (Å²) in [7, 11) is 0. The van der Waals surface area contributed by atoms with Crippen molar-refractivity contribution in [3.63, 3.8) is 0 Å². The number of aromatic hydroxyl groups is 1. The Hall–Kier alpha value is -3.34. The molecule has 40 heavy (non-hydrogen) atoms. The monoisotopic (exact) mass is 690 g/mol. The lowest BCUT2D eigenvalue weighted by Gasteiger charge is -2.21. The predicted molar refractivity (Wildman–Crippen MR) is 167 cm³/mol. The van der Waals surface area contributed by atoms with E-state index in [2.05, 4.69) is 66.5 Å². The first-order chi connectivity index (χ1) is 19.2. The third-order valence-corrected chi connectivity index (χ3v) is 8.28. The summed E-state index contributed by atoms with van der Waals surface area (Å²) < 4.78 is 6.36. The van der Waals surface area contributed by atoms with Crippen LogP contribution >= 0.6 is 43.5 Å². The smallest absolute Gasteiger partial charge is 0.287 e. The van der Waals surface area contributed by atoms with Gasteiger partial charge in [-0.15, -0.1) is 0 Å². The molecule has 0 fully saturated rings. The molecule has 0 aliphatic carbocycles. The zero-order chi connectivity index (χ0) is 29.2. The molecule has 3 N–H and O–H groups in total. The molecule has 0 saturated heterocycles. The number of hydrogen-bond donors (Lipinski definition) is 3. The number of rotatable bonds is 11. The highest BCUT2D eigenvalue weighted by atomic mass is 79.9. The van der Waals surface area contributed by atoms with Crippen LogP contribution < -0.4 is 20.4 Å². The predicted octanol–water partition coefficient (Wildman–Crippen LogP) is 6.74. The third kappa shape index (κ3) is 7.87. The van der Waals surface area contributed by atoms with Crippen molar-refractivity contribution in [3.8, 4) is 11.5 Å². The van der Waals surface area contributed by atoms with Gasteiger partial charge in [-0.05, 0) is 94.6 Å². The molecule has 0 aliphatic heterocycles. The largest absolute Gasteiger partial charge is 0.503 e. The van der Waals surface area contributed by atoms with E-state index in [1.54, 1.807) is 43.3 Å². The van der Waals surface area contributed by atoms with E-state index < -0.39 is 11.8 Å². The van der Waals surface area contributed by atoms with Gasteiger partial charge in [-0.2, -0.15) is 5.10 Å². The number of amides is 2. The van der Waals surface area contributed by atoms with Gasteiger partial charge < -0.3 is 20.1 Å². The van der Waals surface area contributed by atoms with Gasteiger partial charge in [-0.3, -0.25) is 9.59 Å². The lowest BCUT2D eigenvalue weighted by atomic mass is 10.1. The van der Waals surface area contributed by atoms with Crippen molar-refractivity contribution in [1.82, 2.24) is 10.7 Å². The van der Waals surface area contributed by atoms with Crippen molar-refractivity contribution in [3.05, 3.63) is 91.0 Å². The van der Waals surface area contributed by atoms with Crippen LogP contribution in [0.15, 0.2) is 74.3 Å². The molecule has 8 nitrogen and oxygen atoms in total. The van der Waals surface area contributed by atoms with E-state index in [1.807, 2.05) is 24.3 Å². The van der Waals surface area contributed by atoms with Gasteiger partial charge in [0.25, 0.3) is 11.8 Å². The maximum Gasteiger partial charge on any atom is 0.287 e. The molecule has 11 heteroatoms. The van der Waals surface area contributed by atoms with Crippen molar-refractivity contribution in [2.45, 2.75) is 20.8 Å². The van der Waals surface area contributed by atoms with E-state index >= 15 is 0 Å². The van der Waals surface area contributed by atoms with E-state index in [1.165, 1.54) is 6.21 Å². The summed E-state index contributed by atoms with van der Waals surface area (Å²) >= 11 is 12.9. The van der Waals surface area contributed by atoms with Gasteiger partial charge in [0.1, 0.15) is 5.70 Å². The Kier molecular flexibility index (Phi) is 11.6. The second-order valence-electron chi connectivity index (χ2n) is 8.33. The van der Waals surface area contributed by atoms with Crippen molar-refractivity contribution >= 4 is 73.3 Å². The number of ether oxygens (including phenoxy) is 1. The molecule has 0 radical (unpaired) electrons. The van der Waals surface area contributed by atoms with Crippen LogP contribution in [-0.4, -0.2) is 42.8 Å². The zero-order valence-corrected chi connectivity index (χ0v) is 26.1. The molecular weight excluding hydrogens is 664 g/mol. The second kappa shape index (κ2) is 14.9. The molecule has 0 aliphatic rings. The van der Waals surface area contributed by atoms with Gasteiger partial charge in [-0.25, -0.2) is 5.43 Å². The summed E-state index contributed by atoms with van der Waals surface area (Å²) in [4.78, 5) is 28.4. The maximum absolute atomic E-state index is 13.2. The Balaban J connectivity index is 1.90. The number of phenolic OH excluding ortho intramolecular Hbond substituents is 1. The number of nitrogens with one attached hydrogen (secondary N) is 2. The number of halogens is 3. The van der Waals surface area contributed by atoms with Crippen LogP contribution in [0.4, 0.5) is 5.69 Å². The molecule has 0 atom stereocenters. The first kappa shape index (κ1) is 31.2. The lowest BCUT2D eigenvalue weighted by Crippen LogP contribution is -2.33. The molecule has 2 amide bonds. The normalized spacial score (nSPS) is 11.4. The number of hydrogen-bond acceptors (Lipinski definition) is 6. The van der Waals surface area contributed by atoms with Crippen LogP contribution in [0.25, 0.3) is 6.08 Å². The highest BCUT2D eigenvalue weighted by molar-refractivity contribution is 9.13. The Morgan fingerprint density at radius 2 is 1.73 bits per heavy atom. The molecular formula is C29H29Br2ClN4O4. The third-order valence-electron chi connectivity index (χ3n) is 5.79.